The molecule has 2 aromatic rings. The topological polar surface area (TPSA) is 66.8 Å². The molecule has 130 valence electrons. The zero-order valence-corrected chi connectivity index (χ0v) is 14.8. The first-order valence-electron chi connectivity index (χ1n) is 7.57. The molecule has 0 fully saturated rings. The van der Waals surface area contributed by atoms with E-state index in [-0.39, 0.29) is 0 Å². The average molecular weight is 380 g/mol. The molecule has 25 heavy (non-hydrogen) atoms. The summed E-state index contributed by atoms with van der Waals surface area (Å²) in [6, 6.07) is 12.2. The van der Waals surface area contributed by atoms with Gasteiger partial charge in [0.05, 0.1) is 6.42 Å². The van der Waals surface area contributed by atoms with Crippen molar-refractivity contribution in [3.05, 3.63) is 63.6 Å². The van der Waals surface area contributed by atoms with Crippen LogP contribution in [0, 0.1) is 0 Å². The van der Waals surface area contributed by atoms with Gasteiger partial charge in [0.25, 0.3) is 5.91 Å². The first kappa shape index (κ1) is 17.7. The molecule has 1 aliphatic heterocycles. The Kier molecular flexibility index (Phi) is 4.99. The fourth-order valence-electron chi connectivity index (χ4n) is 2.89. The Bertz CT molecular complexity index is 840. The number of benzene rings is 2. The van der Waals surface area contributed by atoms with Gasteiger partial charge in [-0.05, 0) is 24.3 Å². The van der Waals surface area contributed by atoms with E-state index in [2.05, 4.69) is 0 Å². The number of rotatable bonds is 3. The second kappa shape index (κ2) is 7.04. The van der Waals surface area contributed by atoms with Crippen LogP contribution < -0.4 is 4.90 Å². The lowest BCUT2D eigenvalue weighted by Gasteiger charge is -2.22. The number of hydrogen-bond donors (Lipinski definition) is 1. The quantitative estimate of drug-likeness (QED) is 0.877. The van der Waals surface area contributed by atoms with Gasteiger partial charge in [-0.25, -0.2) is 0 Å². The summed E-state index contributed by atoms with van der Waals surface area (Å²) in [5.74, 6) is -1.55. The number of anilines is 1. The van der Waals surface area contributed by atoms with Gasteiger partial charge in [0, 0.05) is 33.9 Å². The van der Waals surface area contributed by atoms with Gasteiger partial charge < -0.3 is 14.7 Å². The van der Waals surface area contributed by atoms with Crippen LogP contribution in [-0.4, -0.2) is 30.1 Å². The van der Waals surface area contributed by atoms with E-state index in [9.17, 15) is 9.59 Å². The normalized spacial score (nSPS) is 20.1. The first-order valence-corrected chi connectivity index (χ1v) is 8.32. The Morgan fingerprint density at radius 2 is 1.92 bits per heavy atom. The molecule has 5 nitrogen and oxygen atoms in total. The minimum atomic E-state index is -1.13. The van der Waals surface area contributed by atoms with Gasteiger partial charge in [0.15, 0.2) is 0 Å². The molecular formula is C18H15Cl2NO4. The highest BCUT2D eigenvalue weighted by molar-refractivity contribution is 6.31. The molecule has 0 saturated carbocycles. The van der Waals surface area contributed by atoms with Gasteiger partial charge in [-0.15, -0.1) is 0 Å². The SMILES string of the molecule is CN1C(=O)[C@@H](CC(=O)O)O[C@H](c2ccccc2Cl)c2cc(Cl)ccc21. The van der Waals surface area contributed by atoms with E-state index >= 15 is 0 Å². The third-order valence-corrected chi connectivity index (χ3v) is 4.67. The number of carbonyl (C=O) groups is 2. The van der Waals surface area contributed by atoms with E-state index in [0.717, 1.165) is 0 Å². The van der Waals surface area contributed by atoms with E-state index in [1.165, 1.54) is 4.90 Å². The Labute approximate surface area is 154 Å². The number of fused-ring (bicyclic) bond motifs is 1. The standard InChI is InChI=1S/C18H15Cl2NO4/c1-21-14-7-6-10(19)8-12(14)17(11-4-2-3-5-13(11)20)25-15(18(21)24)9-16(22)23/h2-8,15,17H,9H2,1H3,(H,22,23)/t15-,17-/m1/s1. The Balaban J connectivity index is 2.18. The monoisotopic (exact) mass is 379 g/mol. The van der Waals surface area contributed by atoms with Crippen molar-refractivity contribution < 1.29 is 19.4 Å². The van der Waals surface area contributed by atoms with E-state index in [0.29, 0.717) is 26.9 Å². The van der Waals surface area contributed by atoms with Crippen molar-refractivity contribution in [2.75, 3.05) is 11.9 Å². The zero-order valence-electron chi connectivity index (χ0n) is 13.3. The van der Waals surface area contributed by atoms with Crippen LogP contribution in [0.1, 0.15) is 23.7 Å². The molecule has 2 atom stereocenters. The molecular weight excluding hydrogens is 365 g/mol. The molecule has 0 saturated heterocycles. The minimum Gasteiger partial charge on any atom is -0.481 e. The van der Waals surface area contributed by atoms with Gasteiger partial charge in [0.2, 0.25) is 0 Å². The summed E-state index contributed by atoms with van der Waals surface area (Å²) >= 11 is 12.5. The Morgan fingerprint density at radius 3 is 2.60 bits per heavy atom. The molecule has 0 aliphatic carbocycles. The van der Waals surface area contributed by atoms with Crippen molar-refractivity contribution in [3.63, 3.8) is 0 Å². The minimum absolute atomic E-state index is 0.430. The molecule has 0 bridgehead atoms. The van der Waals surface area contributed by atoms with Crippen molar-refractivity contribution >= 4 is 40.8 Å². The lowest BCUT2D eigenvalue weighted by molar-refractivity contribution is -0.146. The van der Waals surface area contributed by atoms with Crippen molar-refractivity contribution in [2.45, 2.75) is 18.6 Å². The average Bonchev–Trinajstić information content (AvgIpc) is 2.66. The summed E-state index contributed by atoms with van der Waals surface area (Å²) in [5, 5.41) is 10.1. The summed E-state index contributed by atoms with van der Waals surface area (Å²) in [6.45, 7) is 0. The Hall–Kier alpha value is -2.08. The number of likely N-dealkylation sites (N-methyl/N-ethyl adjacent to an activating group) is 1. The number of carboxylic acids is 1. The lowest BCUT2D eigenvalue weighted by atomic mass is 9.99. The molecule has 1 N–H and O–H groups in total. The number of hydrogen-bond acceptors (Lipinski definition) is 3. The number of carbonyl (C=O) groups excluding carboxylic acids is 1. The Morgan fingerprint density at radius 1 is 1.20 bits per heavy atom. The second-order valence-corrected chi connectivity index (χ2v) is 6.57. The first-order chi connectivity index (χ1) is 11.9. The van der Waals surface area contributed by atoms with Crippen molar-refractivity contribution in [2.24, 2.45) is 0 Å². The molecule has 2 aromatic carbocycles. The summed E-state index contributed by atoms with van der Waals surface area (Å²) < 4.78 is 5.94. The van der Waals surface area contributed by atoms with Crippen molar-refractivity contribution in [1.29, 1.82) is 0 Å². The number of ether oxygens (including phenoxy) is 1. The van der Waals surface area contributed by atoms with Gasteiger partial charge in [-0.1, -0.05) is 41.4 Å². The van der Waals surface area contributed by atoms with Crippen LogP contribution in [0.25, 0.3) is 0 Å². The molecule has 1 aliphatic rings. The second-order valence-electron chi connectivity index (χ2n) is 5.72. The van der Waals surface area contributed by atoms with Gasteiger partial charge in [-0.2, -0.15) is 0 Å². The maximum absolute atomic E-state index is 12.7. The van der Waals surface area contributed by atoms with E-state index in [1.54, 1.807) is 49.5 Å². The lowest BCUT2D eigenvalue weighted by Crippen LogP contribution is -2.38. The van der Waals surface area contributed by atoms with Crippen LogP contribution in [0.3, 0.4) is 0 Å². The summed E-state index contributed by atoms with van der Waals surface area (Å²) in [6.07, 6.45) is -2.28. The van der Waals surface area contributed by atoms with Crippen molar-refractivity contribution in [1.82, 2.24) is 0 Å². The largest absolute Gasteiger partial charge is 0.481 e. The maximum atomic E-state index is 12.7. The number of carboxylic acid groups (broad SMARTS) is 1. The van der Waals surface area contributed by atoms with E-state index in [1.807, 2.05) is 0 Å². The smallest absolute Gasteiger partial charge is 0.306 e. The number of nitrogens with zero attached hydrogens (tertiary/aromatic N) is 1. The van der Waals surface area contributed by atoms with Crippen LogP contribution in [-0.2, 0) is 14.3 Å². The van der Waals surface area contributed by atoms with E-state index < -0.39 is 30.5 Å². The molecule has 3 rings (SSSR count). The van der Waals surface area contributed by atoms with Gasteiger partial charge in [-0.3, -0.25) is 9.59 Å². The third kappa shape index (κ3) is 3.49. The van der Waals surface area contributed by atoms with E-state index in [4.69, 9.17) is 33.0 Å². The summed E-state index contributed by atoms with van der Waals surface area (Å²) in [5.41, 5.74) is 1.91. The summed E-state index contributed by atoms with van der Waals surface area (Å²) in [7, 11) is 1.59. The van der Waals surface area contributed by atoms with Crippen LogP contribution >= 0.6 is 23.2 Å². The van der Waals surface area contributed by atoms with Gasteiger partial charge >= 0.3 is 5.97 Å². The summed E-state index contributed by atoms with van der Waals surface area (Å²) in [4.78, 5) is 25.2. The molecule has 7 heteroatoms. The fourth-order valence-corrected chi connectivity index (χ4v) is 3.31. The van der Waals surface area contributed by atoms with Crippen LogP contribution in [0.15, 0.2) is 42.5 Å². The molecule has 0 aromatic heterocycles. The van der Waals surface area contributed by atoms with Crippen LogP contribution in [0.4, 0.5) is 5.69 Å². The molecule has 1 amide bonds. The molecule has 0 radical (unpaired) electrons. The number of aliphatic carboxylic acids is 1. The molecule has 0 unspecified atom stereocenters. The van der Waals surface area contributed by atoms with Crippen molar-refractivity contribution in [3.8, 4) is 0 Å². The predicted molar refractivity (Wildman–Crippen MR) is 95.3 cm³/mol. The van der Waals surface area contributed by atoms with Crippen LogP contribution in [0.2, 0.25) is 10.0 Å². The molecule has 0 spiro atoms. The van der Waals surface area contributed by atoms with Crippen LogP contribution in [0.5, 0.6) is 0 Å². The fraction of sp³-hybridized carbons (Fsp3) is 0.222. The highest BCUT2D eigenvalue weighted by atomic mass is 35.5. The highest BCUT2D eigenvalue weighted by Crippen LogP contribution is 2.41. The zero-order chi connectivity index (χ0) is 18.1. The predicted octanol–water partition coefficient (Wildman–Crippen LogP) is 3.92. The highest BCUT2D eigenvalue weighted by Gasteiger charge is 2.36. The number of amides is 1. The van der Waals surface area contributed by atoms with Gasteiger partial charge in [0.1, 0.15) is 12.2 Å². The maximum Gasteiger partial charge on any atom is 0.306 e. The number of halogens is 2. The third-order valence-electron chi connectivity index (χ3n) is 4.09. The molecule has 1 heterocycles.